The lowest BCUT2D eigenvalue weighted by Crippen LogP contribution is -2.33. The normalized spacial score (nSPS) is 15.1. The standard InChI is InChI=1S/C16H24O4/c1-4-9-16(11-19-13(2)17,12-20-14(3)18)10-5-6-15-7-8-15/h4-6,15H,1,7-12H2,2-3H3/b6-5+. The summed E-state index contributed by atoms with van der Waals surface area (Å²) in [6.07, 6.45) is 9.90. The fourth-order valence-corrected chi connectivity index (χ4v) is 1.98. The van der Waals surface area contributed by atoms with E-state index in [1.54, 1.807) is 6.08 Å². The monoisotopic (exact) mass is 280 g/mol. The molecule has 1 saturated carbocycles. The highest BCUT2D eigenvalue weighted by Crippen LogP contribution is 2.33. The lowest BCUT2D eigenvalue weighted by molar-refractivity contribution is -0.151. The second kappa shape index (κ2) is 7.88. The molecule has 4 heteroatoms. The molecule has 0 aliphatic heterocycles. The Labute approximate surface area is 120 Å². The number of hydrogen-bond acceptors (Lipinski definition) is 4. The van der Waals surface area contributed by atoms with E-state index in [1.807, 2.05) is 0 Å². The Morgan fingerprint density at radius 1 is 1.15 bits per heavy atom. The average Bonchev–Trinajstić information content (AvgIpc) is 3.18. The lowest BCUT2D eigenvalue weighted by Gasteiger charge is -2.30. The first-order chi connectivity index (χ1) is 9.47. The van der Waals surface area contributed by atoms with Crippen molar-refractivity contribution < 1.29 is 19.1 Å². The van der Waals surface area contributed by atoms with Crippen LogP contribution in [0.3, 0.4) is 0 Å². The van der Waals surface area contributed by atoms with Crippen LogP contribution in [0.2, 0.25) is 0 Å². The molecule has 1 rings (SSSR count). The van der Waals surface area contributed by atoms with Gasteiger partial charge in [0.1, 0.15) is 13.2 Å². The van der Waals surface area contributed by atoms with Gasteiger partial charge < -0.3 is 9.47 Å². The van der Waals surface area contributed by atoms with Crippen LogP contribution in [-0.2, 0) is 19.1 Å². The van der Waals surface area contributed by atoms with Crippen LogP contribution >= 0.6 is 0 Å². The van der Waals surface area contributed by atoms with Crippen LogP contribution in [0.15, 0.2) is 24.8 Å². The van der Waals surface area contributed by atoms with Gasteiger partial charge in [-0.15, -0.1) is 6.58 Å². The minimum absolute atomic E-state index is 0.233. The summed E-state index contributed by atoms with van der Waals surface area (Å²) in [6, 6.07) is 0. The van der Waals surface area contributed by atoms with E-state index in [0.717, 1.165) is 0 Å². The Balaban J connectivity index is 2.69. The van der Waals surface area contributed by atoms with E-state index < -0.39 is 5.41 Å². The van der Waals surface area contributed by atoms with Crippen molar-refractivity contribution in [2.75, 3.05) is 13.2 Å². The molecular formula is C16H24O4. The van der Waals surface area contributed by atoms with E-state index in [1.165, 1.54) is 26.7 Å². The van der Waals surface area contributed by atoms with Crippen LogP contribution < -0.4 is 0 Å². The second-order valence-electron chi connectivity index (χ2n) is 5.52. The van der Waals surface area contributed by atoms with Gasteiger partial charge in [0.15, 0.2) is 0 Å². The minimum atomic E-state index is -0.412. The van der Waals surface area contributed by atoms with Crippen LogP contribution in [-0.4, -0.2) is 25.2 Å². The van der Waals surface area contributed by atoms with Gasteiger partial charge in [-0.05, 0) is 31.6 Å². The highest BCUT2D eigenvalue weighted by atomic mass is 16.5. The molecule has 0 aromatic rings. The van der Waals surface area contributed by atoms with Crippen molar-refractivity contribution >= 4 is 11.9 Å². The first kappa shape index (κ1) is 16.5. The van der Waals surface area contributed by atoms with Crippen LogP contribution in [0.25, 0.3) is 0 Å². The van der Waals surface area contributed by atoms with E-state index in [4.69, 9.17) is 9.47 Å². The fourth-order valence-electron chi connectivity index (χ4n) is 1.98. The summed E-state index contributed by atoms with van der Waals surface area (Å²) < 4.78 is 10.3. The fraction of sp³-hybridized carbons (Fsp3) is 0.625. The number of carbonyl (C=O) groups excluding carboxylic acids is 2. The summed E-state index contributed by atoms with van der Waals surface area (Å²) in [5, 5.41) is 0. The van der Waals surface area contributed by atoms with Crippen molar-refractivity contribution in [2.24, 2.45) is 11.3 Å². The molecule has 0 radical (unpaired) electrons. The third kappa shape index (κ3) is 6.55. The summed E-state index contributed by atoms with van der Waals surface area (Å²) in [5.41, 5.74) is -0.412. The van der Waals surface area contributed by atoms with Gasteiger partial charge in [-0.3, -0.25) is 9.59 Å². The predicted molar refractivity (Wildman–Crippen MR) is 77.0 cm³/mol. The molecule has 0 atom stereocenters. The van der Waals surface area contributed by atoms with Crippen molar-refractivity contribution in [1.29, 1.82) is 0 Å². The zero-order valence-corrected chi connectivity index (χ0v) is 12.4. The topological polar surface area (TPSA) is 52.6 Å². The van der Waals surface area contributed by atoms with E-state index in [0.29, 0.717) is 18.8 Å². The number of rotatable bonds is 9. The Bertz CT molecular complexity index is 362. The van der Waals surface area contributed by atoms with Gasteiger partial charge in [0, 0.05) is 19.3 Å². The molecule has 4 nitrogen and oxygen atoms in total. The molecule has 1 aliphatic rings. The maximum atomic E-state index is 11.1. The van der Waals surface area contributed by atoms with Gasteiger partial charge in [0.05, 0.1) is 0 Å². The maximum Gasteiger partial charge on any atom is 0.302 e. The van der Waals surface area contributed by atoms with Gasteiger partial charge in [-0.25, -0.2) is 0 Å². The highest BCUT2D eigenvalue weighted by Gasteiger charge is 2.31. The second-order valence-corrected chi connectivity index (χ2v) is 5.52. The van der Waals surface area contributed by atoms with Crippen molar-refractivity contribution in [2.45, 2.75) is 39.5 Å². The zero-order valence-electron chi connectivity index (χ0n) is 12.4. The summed E-state index contributed by atoms with van der Waals surface area (Å²) >= 11 is 0. The molecule has 0 aromatic carbocycles. The van der Waals surface area contributed by atoms with Gasteiger partial charge in [-0.1, -0.05) is 18.2 Å². The van der Waals surface area contributed by atoms with Crippen LogP contribution in [0.1, 0.15) is 39.5 Å². The largest absolute Gasteiger partial charge is 0.465 e. The molecule has 112 valence electrons. The smallest absolute Gasteiger partial charge is 0.302 e. The van der Waals surface area contributed by atoms with E-state index in [9.17, 15) is 9.59 Å². The van der Waals surface area contributed by atoms with Gasteiger partial charge in [0.2, 0.25) is 0 Å². The summed E-state index contributed by atoms with van der Waals surface area (Å²) in [5.74, 6) is 0.0405. The van der Waals surface area contributed by atoms with Crippen molar-refractivity contribution in [1.82, 2.24) is 0 Å². The highest BCUT2D eigenvalue weighted by molar-refractivity contribution is 5.66. The molecule has 1 aliphatic carbocycles. The summed E-state index contributed by atoms with van der Waals surface area (Å²) in [7, 11) is 0. The Morgan fingerprint density at radius 3 is 2.10 bits per heavy atom. The van der Waals surface area contributed by atoms with E-state index >= 15 is 0 Å². The molecule has 0 unspecified atom stereocenters. The van der Waals surface area contributed by atoms with Crippen LogP contribution in [0.4, 0.5) is 0 Å². The zero-order chi connectivity index (χ0) is 15.0. The van der Waals surface area contributed by atoms with E-state index in [2.05, 4.69) is 18.7 Å². The maximum absolute atomic E-state index is 11.1. The first-order valence-electron chi connectivity index (χ1n) is 7.02. The number of allylic oxidation sites excluding steroid dienone is 3. The minimum Gasteiger partial charge on any atom is -0.465 e. The van der Waals surface area contributed by atoms with Gasteiger partial charge in [-0.2, -0.15) is 0 Å². The molecule has 0 spiro atoms. The first-order valence-corrected chi connectivity index (χ1v) is 7.02. The molecular weight excluding hydrogens is 256 g/mol. The van der Waals surface area contributed by atoms with Gasteiger partial charge >= 0.3 is 11.9 Å². The molecule has 1 fully saturated rings. The molecule has 0 heterocycles. The predicted octanol–water partition coefficient (Wildman–Crippen LogP) is 3.03. The van der Waals surface area contributed by atoms with Crippen molar-refractivity contribution in [3.05, 3.63) is 24.8 Å². The number of hydrogen-bond donors (Lipinski definition) is 0. The SMILES string of the molecule is C=CCC(C/C=C/C1CC1)(COC(C)=O)COC(C)=O. The van der Waals surface area contributed by atoms with Crippen LogP contribution in [0, 0.1) is 11.3 Å². The third-order valence-electron chi connectivity index (χ3n) is 3.32. The Hall–Kier alpha value is -1.58. The molecule has 0 saturated heterocycles. The average molecular weight is 280 g/mol. The molecule has 20 heavy (non-hydrogen) atoms. The van der Waals surface area contributed by atoms with E-state index in [-0.39, 0.29) is 25.2 Å². The molecule has 0 bridgehead atoms. The summed E-state index contributed by atoms with van der Waals surface area (Å²) in [6.45, 7) is 6.97. The number of carbonyl (C=O) groups is 2. The van der Waals surface area contributed by atoms with Gasteiger partial charge in [0.25, 0.3) is 0 Å². The third-order valence-corrected chi connectivity index (χ3v) is 3.32. The Kier molecular flexibility index (Phi) is 6.49. The van der Waals surface area contributed by atoms with Crippen LogP contribution in [0.5, 0.6) is 0 Å². The molecule has 0 N–H and O–H groups in total. The molecule has 0 amide bonds. The number of ether oxygens (including phenoxy) is 2. The summed E-state index contributed by atoms with van der Waals surface area (Å²) in [4.78, 5) is 22.1. The lowest BCUT2D eigenvalue weighted by atomic mass is 9.82. The molecule has 0 aromatic heterocycles. The quantitative estimate of drug-likeness (QED) is 0.481. The number of esters is 2. The van der Waals surface area contributed by atoms with Crippen molar-refractivity contribution in [3.8, 4) is 0 Å². The van der Waals surface area contributed by atoms with Crippen molar-refractivity contribution in [3.63, 3.8) is 0 Å². The Morgan fingerprint density at radius 2 is 1.70 bits per heavy atom.